The van der Waals surface area contributed by atoms with E-state index < -0.39 is 12.7 Å². The fourth-order valence-electron chi connectivity index (χ4n) is 0.892. The highest BCUT2D eigenvalue weighted by Crippen LogP contribution is 2.17. The highest BCUT2D eigenvalue weighted by Gasteiger charge is 2.32. The molecule has 5 heteroatoms. The van der Waals surface area contributed by atoms with Crippen molar-refractivity contribution in [2.24, 2.45) is 0 Å². The average molecular weight is 169 g/mol. The third-order valence-electron chi connectivity index (χ3n) is 1.37. The summed E-state index contributed by atoms with van der Waals surface area (Å²) in [5.74, 6) is 0. The Labute approximate surface area is 62.9 Å². The standard InChI is InChI=1S/C6H10F3NO/c1-10(2-5-3-11-5)4-6(7,8)9/h5H,2-4H2,1H3. The summed E-state index contributed by atoms with van der Waals surface area (Å²) in [6.45, 7) is 0.120. The Morgan fingerprint density at radius 1 is 1.55 bits per heavy atom. The number of alkyl halides is 3. The third-order valence-corrected chi connectivity index (χ3v) is 1.37. The molecule has 0 amide bonds. The normalized spacial score (nSPS) is 24.3. The summed E-state index contributed by atoms with van der Waals surface area (Å²) in [4.78, 5) is 1.22. The van der Waals surface area contributed by atoms with Gasteiger partial charge in [0.15, 0.2) is 0 Å². The first-order chi connectivity index (χ1) is 4.97. The summed E-state index contributed by atoms with van der Waals surface area (Å²) in [6.07, 6.45) is -4.06. The molecule has 2 nitrogen and oxygen atoms in total. The molecule has 0 aromatic rings. The van der Waals surface area contributed by atoms with Gasteiger partial charge in [-0.2, -0.15) is 13.2 Å². The van der Waals surface area contributed by atoms with Crippen LogP contribution in [-0.2, 0) is 4.74 Å². The minimum absolute atomic E-state index is 0.0300. The maximum atomic E-state index is 11.7. The molecule has 0 aliphatic carbocycles. The van der Waals surface area contributed by atoms with Gasteiger partial charge in [0.25, 0.3) is 0 Å². The number of hydrogen-bond acceptors (Lipinski definition) is 2. The molecule has 11 heavy (non-hydrogen) atoms. The molecule has 1 heterocycles. The van der Waals surface area contributed by atoms with E-state index in [9.17, 15) is 13.2 Å². The molecule has 0 spiro atoms. The lowest BCUT2D eigenvalue weighted by Gasteiger charge is -2.16. The molecule has 1 aliphatic heterocycles. The molecule has 66 valence electrons. The summed E-state index contributed by atoms with van der Waals surface area (Å²) in [5.41, 5.74) is 0. The van der Waals surface area contributed by atoms with Gasteiger partial charge in [0, 0.05) is 6.54 Å². The van der Waals surface area contributed by atoms with E-state index in [1.54, 1.807) is 0 Å². The largest absolute Gasteiger partial charge is 0.401 e. The van der Waals surface area contributed by atoms with Crippen molar-refractivity contribution in [3.05, 3.63) is 0 Å². The monoisotopic (exact) mass is 169 g/mol. The summed E-state index contributed by atoms with van der Waals surface area (Å²) in [5, 5.41) is 0. The second-order valence-corrected chi connectivity index (χ2v) is 2.77. The van der Waals surface area contributed by atoms with E-state index in [-0.39, 0.29) is 6.10 Å². The fraction of sp³-hybridized carbons (Fsp3) is 1.00. The van der Waals surface area contributed by atoms with Gasteiger partial charge >= 0.3 is 6.18 Å². The topological polar surface area (TPSA) is 15.8 Å². The number of halogens is 3. The minimum Gasteiger partial charge on any atom is -0.372 e. The van der Waals surface area contributed by atoms with E-state index >= 15 is 0 Å². The molecular weight excluding hydrogens is 159 g/mol. The van der Waals surface area contributed by atoms with Crippen LogP contribution in [0.1, 0.15) is 0 Å². The van der Waals surface area contributed by atoms with Gasteiger partial charge < -0.3 is 4.74 Å². The maximum absolute atomic E-state index is 11.7. The lowest BCUT2D eigenvalue weighted by molar-refractivity contribution is -0.143. The van der Waals surface area contributed by atoms with Gasteiger partial charge in [0.1, 0.15) is 0 Å². The molecule has 1 saturated heterocycles. The summed E-state index contributed by atoms with van der Waals surface area (Å²) in [7, 11) is 1.44. The number of likely N-dealkylation sites (N-methyl/N-ethyl adjacent to an activating group) is 1. The Morgan fingerprint density at radius 3 is 2.45 bits per heavy atom. The molecule has 0 bridgehead atoms. The smallest absolute Gasteiger partial charge is 0.372 e. The molecule has 0 aromatic heterocycles. The Morgan fingerprint density at radius 2 is 2.09 bits per heavy atom. The lowest BCUT2D eigenvalue weighted by Crippen LogP contribution is -2.33. The molecule has 0 aromatic carbocycles. The summed E-state index contributed by atoms with van der Waals surface area (Å²) in [6, 6.07) is 0. The molecule has 0 saturated carbocycles. The molecule has 1 unspecified atom stereocenters. The van der Waals surface area contributed by atoms with Crippen molar-refractivity contribution >= 4 is 0 Å². The SMILES string of the molecule is CN(CC1CO1)CC(F)(F)F. The van der Waals surface area contributed by atoms with Crippen LogP contribution in [-0.4, -0.2) is 43.9 Å². The molecule has 1 atom stereocenters. The van der Waals surface area contributed by atoms with E-state index in [4.69, 9.17) is 4.74 Å². The predicted molar refractivity (Wildman–Crippen MR) is 33.3 cm³/mol. The van der Waals surface area contributed by atoms with Crippen LogP contribution in [0.2, 0.25) is 0 Å². The van der Waals surface area contributed by atoms with Crippen LogP contribution >= 0.6 is 0 Å². The summed E-state index contributed by atoms with van der Waals surface area (Å²) >= 11 is 0. The van der Waals surface area contributed by atoms with Gasteiger partial charge in [-0.25, -0.2) is 0 Å². The second-order valence-electron chi connectivity index (χ2n) is 2.77. The van der Waals surface area contributed by atoms with Crippen LogP contribution in [0.4, 0.5) is 13.2 Å². The zero-order chi connectivity index (χ0) is 8.48. The van der Waals surface area contributed by atoms with Crippen LogP contribution < -0.4 is 0 Å². The first-order valence-corrected chi connectivity index (χ1v) is 3.34. The number of hydrogen-bond donors (Lipinski definition) is 0. The molecule has 0 radical (unpaired) electrons. The van der Waals surface area contributed by atoms with Gasteiger partial charge in [0.05, 0.1) is 19.3 Å². The quantitative estimate of drug-likeness (QED) is 0.583. The van der Waals surface area contributed by atoms with Crippen LogP contribution in [0.3, 0.4) is 0 Å². The van der Waals surface area contributed by atoms with Crippen molar-refractivity contribution in [1.82, 2.24) is 4.90 Å². The van der Waals surface area contributed by atoms with Gasteiger partial charge in [-0.1, -0.05) is 0 Å². The highest BCUT2D eigenvalue weighted by molar-refractivity contribution is 4.73. The average Bonchev–Trinajstić information content (AvgIpc) is 2.42. The minimum atomic E-state index is -4.09. The van der Waals surface area contributed by atoms with Crippen LogP contribution in [0.25, 0.3) is 0 Å². The van der Waals surface area contributed by atoms with Crippen molar-refractivity contribution < 1.29 is 17.9 Å². The zero-order valence-electron chi connectivity index (χ0n) is 6.19. The predicted octanol–water partition coefficient (Wildman–Crippen LogP) is 0.879. The van der Waals surface area contributed by atoms with E-state index in [0.717, 1.165) is 0 Å². The van der Waals surface area contributed by atoms with Gasteiger partial charge in [-0.3, -0.25) is 4.90 Å². The molecule has 1 rings (SSSR count). The molecular formula is C6H10F3NO. The Hall–Kier alpha value is -0.290. The van der Waals surface area contributed by atoms with Crippen LogP contribution in [0.5, 0.6) is 0 Å². The van der Waals surface area contributed by atoms with E-state index in [1.807, 2.05) is 0 Å². The highest BCUT2D eigenvalue weighted by atomic mass is 19.4. The third kappa shape index (κ3) is 4.21. The molecule has 0 N–H and O–H groups in total. The first kappa shape index (κ1) is 8.80. The fourth-order valence-corrected chi connectivity index (χ4v) is 0.892. The van der Waals surface area contributed by atoms with Gasteiger partial charge in [0.2, 0.25) is 0 Å². The maximum Gasteiger partial charge on any atom is 0.401 e. The van der Waals surface area contributed by atoms with Crippen molar-refractivity contribution in [3.63, 3.8) is 0 Å². The lowest BCUT2D eigenvalue weighted by atomic mass is 10.4. The molecule has 1 fully saturated rings. The van der Waals surface area contributed by atoms with Gasteiger partial charge in [-0.05, 0) is 7.05 Å². The van der Waals surface area contributed by atoms with Crippen molar-refractivity contribution in [2.45, 2.75) is 12.3 Å². The van der Waals surface area contributed by atoms with Crippen LogP contribution in [0.15, 0.2) is 0 Å². The van der Waals surface area contributed by atoms with Crippen LogP contribution in [0, 0.1) is 0 Å². The number of rotatable bonds is 3. The van der Waals surface area contributed by atoms with E-state index in [1.165, 1.54) is 11.9 Å². The Bertz CT molecular complexity index is 132. The Kier molecular flexibility index (Phi) is 2.39. The number of ether oxygens (including phenoxy) is 1. The Balaban J connectivity index is 2.13. The number of epoxide rings is 1. The van der Waals surface area contributed by atoms with Gasteiger partial charge in [-0.15, -0.1) is 0 Å². The number of nitrogens with zero attached hydrogens (tertiary/aromatic N) is 1. The van der Waals surface area contributed by atoms with Crippen molar-refractivity contribution in [3.8, 4) is 0 Å². The second kappa shape index (κ2) is 2.98. The van der Waals surface area contributed by atoms with E-state index in [2.05, 4.69) is 0 Å². The first-order valence-electron chi connectivity index (χ1n) is 3.34. The van der Waals surface area contributed by atoms with Crippen molar-refractivity contribution in [2.75, 3.05) is 26.7 Å². The molecule has 1 aliphatic rings. The van der Waals surface area contributed by atoms with E-state index in [0.29, 0.717) is 13.2 Å². The summed E-state index contributed by atoms with van der Waals surface area (Å²) < 4.78 is 39.9. The zero-order valence-corrected chi connectivity index (χ0v) is 6.19. The van der Waals surface area contributed by atoms with Crippen molar-refractivity contribution in [1.29, 1.82) is 0 Å².